The van der Waals surface area contributed by atoms with Crippen LogP contribution < -0.4 is 0 Å². The first-order valence-electron chi connectivity index (χ1n) is 8.66. The van der Waals surface area contributed by atoms with Crippen molar-refractivity contribution in [3.8, 4) is 0 Å². The standard InChI is InChI=1S/C12H37N3O3Si4/c1-7-13(8-2)19-16-22(17-20-14(9-3)10-4)18-21-15(11-5)12-6/h22H,7-12,19-21H2,1-6H3. The average Bonchev–Trinajstić information content (AvgIpc) is 2.56. The van der Waals surface area contributed by atoms with Gasteiger partial charge in [0.1, 0.15) is 0 Å². The van der Waals surface area contributed by atoms with E-state index >= 15 is 0 Å². The number of rotatable bonds is 15. The normalized spacial score (nSPS) is 15.1. The van der Waals surface area contributed by atoms with Gasteiger partial charge in [-0.1, -0.05) is 41.5 Å². The van der Waals surface area contributed by atoms with Crippen LogP contribution in [0.25, 0.3) is 0 Å². The molecular formula is C12H37N3O3Si4. The average molecular weight is 384 g/mol. The van der Waals surface area contributed by atoms with Gasteiger partial charge in [-0.25, -0.2) is 0 Å². The van der Waals surface area contributed by atoms with Gasteiger partial charge in [0.05, 0.1) is 0 Å². The van der Waals surface area contributed by atoms with Crippen molar-refractivity contribution in [1.29, 1.82) is 0 Å². The second-order valence-corrected chi connectivity index (χ2v) is 13.1. The highest BCUT2D eigenvalue weighted by molar-refractivity contribution is 6.57. The summed E-state index contributed by atoms with van der Waals surface area (Å²) in [7, 11) is -3.98. The molecule has 0 aromatic heterocycles. The topological polar surface area (TPSA) is 37.4 Å². The van der Waals surface area contributed by atoms with Gasteiger partial charge in [0.2, 0.25) is 29.8 Å². The van der Waals surface area contributed by atoms with E-state index in [9.17, 15) is 0 Å². The van der Waals surface area contributed by atoms with Crippen molar-refractivity contribution in [2.45, 2.75) is 41.5 Å². The summed E-state index contributed by atoms with van der Waals surface area (Å²) >= 11 is 0. The van der Waals surface area contributed by atoms with Gasteiger partial charge >= 0.3 is 9.53 Å². The molecule has 134 valence electrons. The van der Waals surface area contributed by atoms with Gasteiger partial charge in [-0.2, -0.15) is 0 Å². The smallest absolute Gasteiger partial charge is 0.410 e. The molecule has 0 heterocycles. The Balaban J connectivity index is 4.34. The molecule has 0 aromatic carbocycles. The van der Waals surface area contributed by atoms with Gasteiger partial charge in [0.15, 0.2) is 0 Å². The van der Waals surface area contributed by atoms with Crippen LogP contribution in [0, 0.1) is 0 Å². The Kier molecular flexibility index (Phi) is 15.6. The van der Waals surface area contributed by atoms with Crippen molar-refractivity contribution >= 4 is 39.3 Å². The molecule has 0 N–H and O–H groups in total. The van der Waals surface area contributed by atoms with Crippen LogP contribution in [0.15, 0.2) is 0 Å². The molecule has 0 amide bonds. The Morgan fingerprint density at radius 2 is 0.773 bits per heavy atom. The first kappa shape index (κ1) is 22.6. The third-order valence-corrected chi connectivity index (χ3v) is 12.7. The van der Waals surface area contributed by atoms with E-state index in [2.05, 4.69) is 55.2 Å². The van der Waals surface area contributed by atoms with Crippen molar-refractivity contribution in [3.63, 3.8) is 0 Å². The Hall–Kier alpha value is 0.628. The molecule has 0 atom stereocenters. The number of hydrogen-bond acceptors (Lipinski definition) is 6. The first-order chi connectivity index (χ1) is 10.6. The van der Waals surface area contributed by atoms with Gasteiger partial charge in [-0.3, -0.25) is 0 Å². The molecule has 0 unspecified atom stereocenters. The van der Waals surface area contributed by atoms with E-state index < -0.39 is 39.3 Å². The van der Waals surface area contributed by atoms with E-state index in [1.165, 1.54) is 0 Å². The van der Waals surface area contributed by atoms with Gasteiger partial charge in [0.25, 0.3) is 0 Å². The van der Waals surface area contributed by atoms with Crippen molar-refractivity contribution < 1.29 is 12.3 Å². The van der Waals surface area contributed by atoms with Crippen LogP contribution >= 0.6 is 0 Å². The van der Waals surface area contributed by atoms with Gasteiger partial charge in [0, 0.05) is 0 Å². The van der Waals surface area contributed by atoms with Crippen LogP contribution in [0.2, 0.25) is 0 Å². The van der Waals surface area contributed by atoms with E-state index in [-0.39, 0.29) is 0 Å². The lowest BCUT2D eigenvalue weighted by molar-refractivity contribution is 0.274. The molecule has 0 aliphatic heterocycles. The first-order valence-corrected chi connectivity index (χ1v) is 13.7. The van der Waals surface area contributed by atoms with E-state index in [4.69, 9.17) is 12.3 Å². The van der Waals surface area contributed by atoms with Gasteiger partial charge < -0.3 is 26.0 Å². The molecule has 0 rings (SSSR count). The zero-order chi connectivity index (χ0) is 16.8. The maximum absolute atomic E-state index is 6.14. The lowest BCUT2D eigenvalue weighted by Gasteiger charge is -2.27. The lowest BCUT2D eigenvalue weighted by atomic mass is 10.7. The summed E-state index contributed by atoms with van der Waals surface area (Å²) in [5.41, 5.74) is 0. The zero-order valence-corrected chi connectivity index (χ0v) is 20.9. The summed E-state index contributed by atoms with van der Waals surface area (Å²) < 4.78 is 25.6. The van der Waals surface area contributed by atoms with Gasteiger partial charge in [-0.15, -0.1) is 0 Å². The van der Waals surface area contributed by atoms with E-state index in [0.717, 1.165) is 39.3 Å². The maximum atomic E-state index is 6.14. The van der Waals surface area contributed by atoms with Crippen molar-refractivity contribution in [1.82, 2.24) is 13.7 Å². The molecule has 22 heavy (non-hydrogen) atoms. The minimum atomic E-state index is -1.93. The van der Waals surface area contributed by atoms with Crippen molar-refractivity contribution in [2.24, 2.45) is 0 Å². The molecule has 6 nitrogen and oxygen atoms in total. The fraction of sp³-hybridized carbons (Fsp3) is 1.00. The molecule has 0 aliphatic rings. The summed E-state index contributed by atoms with van der Waals surface area (Å²) in [6.07, 6.45) is 0. The minimum absolute atomic E-state index is 0.685. The highest BCUT2D eigenvalue weighted by Gasteiger charge is 2.19. The van der Waals surface area contributed by atoms with E-state index in [1.807, 2.05) is 0 Å². The molecule has 10 heteroatoms. The Labute approximate surface area is 146 Å². The molecule has 0 saturated carbocycles. The summed E-state index contributed by atoms with van der Waals surface area (Å²) in [6, 6.07) is 0. The summed E-state index contributed by atoms with van der Waals surface area (Å²) in [5.74, 6) is 0. The summed E-state index contributed by atoms with van der Waals surface area (Å²) in [5, 5.41) is 0. The van der Waals surface area contributed by atoms with Crippen molar-refractivity contribution in [3.05, 3.63) is 0 Å². The largest absolute Gasteiger partial charge is 0.454 e. The van der Waals surface area contributed by atoms with Crippen molar-refractivity contribution in [2.75, 3.05) is 39.3 Å². The molecule has 0 spiro atoms. The predicted molar refractivity (Wildman–Crippen MR) is 105 cm³/mol. The van der Waals surface area contributed by atoms with Crippen LogP contribution in [0.5, 0.6) is 0 Å². The molecular weight excluding hydrogens is 346 g/mol. The van der Waals surface area contributed by atoms with Crippen LogP contribution in [0.1, 0.15) is 41.5 Å². The Morgan fingerprint density at radius 3 is 0.955 bits per heavy atom. The third-order valence-electron chi connectivity index (χ3n) is 3.86. The quantitative estimate of drug-likeness (QED) is 0.330. The molecule has 0 saturated heterocycles. The second kappa shape index (κ2) is 15.2. The van der Waals surface area contributed by atoms with Crippen LogP contribution in [-0.4, -0.2) is 92.3 Å². The fourth-order valence-electron chi connectivity index (χ4n) is 1.86. The number of hydrogen-bond donors (Lipinski definition) is 0. The highest BCUT2D eigenvalue weighted by atomic mass is 28.4. The van der Waals surface area contributed by atoms with Gasteiger partial charge in [-0.05, 0) is 39.3 Å². The molecule has 0 aromatic rings. The summed E-state index contributed by atoms with van der Waals surface area (Å²) in [6.45, 7) is 19.5. The Bertz CT molecular complexity index is 208. The SMILES string of the molecule is CCN(CC)[SiH2]O[SiH](O[SiH2]N(CC)CC)O[SiH2]N(CC)CC. The Morgan fingerprint density at radius 1 is 0.545 bits per heavy atom. The highest BCUT2D eigenvalue weighted by Crippen LogP contribution is 1.97. The molecule has 0 bridgehead atoms. The zero-order valence-electron chi connectivity index (χ0n) is 15.5. The molecule has 0 fully saturated rings. The monoisotopic (exact) mass is 383 g/mol. The van der Waals surface area contributed by atoms with Crippen LogP contribution in [0.4, 0.5) is 0 Å². The van der Waals surface area contributed by atoms with Crippen LogP contribution in [-0.2, 0) is 12.3 Å². The van der Waals surface area contributed by atoms with E-state index in [1.54, 1.807) is 0 Å². The maximum Gasteiger partial charge on any atom is 0.454 e. The minimum Gasteiger partial charge on any atom is -0.410 e. The lowest BCUT2D eigenvalue weighted by Crippen LogP contribution is -2.44. The predicted octanol–water partition coefficient (Wildman–Crippen LogP) is -1.22. The molecule has 0 aliphatic carbocycles. The molecule has 0 radical (unpaired) electrons. The van der Waals surface area contributed by atoms with Crippen LogP contribution in [0.3, 0.4) is 0 Å². The second-order valence-electron chi connectivity index (χ2n) is 5.09. The number of nitrogens with zero attached hydrogens (tertiary/aromatic N) is 3. The summed E-state index contributed by atoms with van der Waals surface area (Å²) in [4.78, 5) is 0. The van der Waals surface area contributed by atoms with E-state index in [0.29, 0.717) is 0 Å². The third kappa shape index (κ3) is 10.4. The fourth-order valence-corrected chi connectivity index (χ4v) is 10.7.